The number of fused-ring (bicyclic) bond motifs is 1. The Morgan fingerprint density at radius 3 is 2.64 bits per heavy atom. The molecule has 0 fully saturated rings. The van der Waals surface area contributed by atoms with Crippen molar-refractivity contribution in [1.82, 2.24) is 0 Å². The van der Waals surface area contributed by atoms with Crippen molar-refractivity contribution in [3.63, 3.8) is 0 Å². The van der Waals surface area contributed by atoms with E-state index in [4.69, 9.17) is 21.1 Å². The number of allylic oxidation sites excluding steroid dienone is 1. The third kappa shape index (κ3) is 3.64. The average molecular weight is 395 g/mol. The van der Waals surface area contributed by atoms with Gasteiger partial charge in [-0.2, -0.15) is 0 Å². The molecule has 3 aromatic rings. The molecule has 4 rings (SSSR count). The van der Waals surface area contributed by atoms with Crippen molar-refractivity contribution in [2.45, 2.75) is 13.5 Å². The van der Waals surface area contributed by atoms with E-state index in [9.17, 15) is 9.18 Å². The second kappa shape index (κ2) is 7.49. The third-order valence-corrected chi connectivity index (χ3v) is 4.74. The summed E-state index contributed by atoms with van der Waals surface area (Å²) in [7, 11) is 0. The molecule has 0 saturated heterocycles. The molecule has 0 spiro atoms. The number of hydrogen-bond acceptors (Lipinski definition) is 3. The number of rotatable bonds is 4. The van der Waals surface area contributed by atoms with Gasteiger partial charge in [0.1, 0.15) is 23.9 Å². The number of ether oxygens (including phenoxy) is 2. The van der Waals surface area contributed by atoms with Gasteiger partial charge in [-0.15, -0.1) is 0 Å². The Bertz CT molecular complexity index is 1090. The highest BCUT2D eigenvalue weighted by atomic mass is 35.5. The molecule has 3 aromatic carbocycles. The van der Waals surface area contributed by atoms with E-state index in [0.717, 1.165) is 16.7 Å². The third-order valence-electron chi connectivity index (χ3n) is 4.49. The lowest BCUT2D eigenvalue weighted by atomic mass is 10.1. The first-order valence-electron chi connectivity index (χ1n) is 8.72. The quantitative estimate of drug-likeness (QED) is 0.510. The van der Waals surface area contributed by atoms with Crippen LogP contribution in [0.25, 0.3) is 6.08 Å². The number of Topliss-reactive ketones (excluding diaryl/α,β-unsaturated/α-hetero) is 1. The van der Waals surface area contributed by atoms with Crippen LogP contribution in [-0.4, -0.2) is 5.78 Å². The second-order valence-electron chi connectivity index (χ2n) is 6.48. The summed E-state index contributed by atoms with van der Waals surface area (Å²) in [5.74, 6) is 0.843. The van der Waals surface area contributed by atoms with Crippen molar-refractivity contribution >= 4 is 23.5 Å². The number of hydrogen-bond donors (Lipinski definition) is 0. The molecule has 5 heteroatoms. The summed E-state index contributed by atoms with van der Waals surface area (Å²) in [6.45, 7) is 2.05. The lowest BCUT2D eigenvalue weighted by molar-refractivity contribution is 0.101. The van der Waals surface area contributed by atoms with Gasteiger partial charge >= 0.3 is 0 Å². The number of carbonyl (C=O) groups is 1. The summed E-state index contributed by atoms with van der Waals surface area (Å²) < 4.78 is 25.0. The summed E-state index contributed by atoms with van der Waals surface area (Å²) in [5.41, 5.74) is 2.76. The fourth-order valence-electron chi connectivity index (χ4n) is 3.02. The van der Waals surface area contributed by atoms with Gasteiger partial charge in [0.05, 0.1) is 5.56 Å². The van der Waals surface area contributed by atoms with Crippen LogP contribution in [0.2, 0.25) is 5.02 Å². The molecule has 0 radical (unpaired) electrons. The van der Waals surface area contributed by atoms with Crippen LogP contribution in [0.1, 0.15) is 27.0 Å². The molecule has 0 aromatic heterocycles. The van der Waals surface area contributed by atoms with Gasteiger partial charge in [0.25, 0.3) is 0 Å². The first-order valence-corrected chi connectivity index (χ1v) is 9.10. The summed E-state index contributed by atoms with van der Waals surface area (Å²) >= 11 is 5.90. The molecule has 0 atom stereocenters. The zero-order chi connectivity index (χ0) is 19.7. The molecule has 3 nitrogen and oxygen atoms in total. The van der Waals surface area contributed by atoms with Crippen LogP contribution in [0.15, 0.2) is 66.4 Å². The molecule has 1 heterocycles. The first kappa shape index (κ1) is 18.3. The van der Waals surface area contributed by atoms with E-state index in [-0.39, 0.29) is 24.0 Å². The largest absolute Gasteiger partial charge is 0.488 e. The molecule has 0 aliphatic carbocycles. The van der Waals surface area contributed by atoms with Crippen molar-refractivity contribution in [3.8, 4) is 11.5 Å². The van der Waals surface area contributed by atoms with Crippen LogP contribution in [0.4, 0.5) is 4.39 Å². The molecular weight excluding hydrogens is 379 g/mol. The molecule has 0 saturated carbocycles. The molecule has 0 unspecified atom stereocenters. The van der Waals surface area contributed by atoms with Crippen LogP contribution in [0.3, 0.4) is 0 Å². The van der Waals surface area contributed by atoms with Crippen molar-refractivity contribution in [3.05, 3.63) is 99.5 Å². The summed E-state index contributed by atoms with van der Waals surface area (Å²) in [6.07, 6.45) is 1.69. The minimum Gasteiger partial charge on any atom is -0.488 e. The number of carbonyl (C=O) groups excluding carboxylic acids is 1. The maximum Gasteiger partial charge on any atom is 0.231 e. The van der Waals surface area contributed by atoms with Gasteiger partial charge in [0, 0.05) is 10.6 Å². The van der Waals surface area contributed by atoms with Crippen LogP contribution < -0.4 is 9.47 Å². The average Bonchev–Trinajstić information content (AvgIpc) is 3.00. The lowest BCUT2D eigenvalue weighted by Gasteiger charge is -2.11. The fourth-order valence-corrected chi connectivity index (χ4v) is 3.15. The summed E-state index contributed by atoms with van der Waals surface area (Å²) in [6, 6.07) is 16.8. The molecule has 1 aliphatic heterocycles. The minimum atomic E-state index is -0.308. The lowest BCUT2D eigenvalue weighted by Crippen LogP contribution is -1.98. The van der Waals surface area contributed by atoms with Crippen molar-refractivity contribution in [2.24, 2.45) is 0 Å². The molecule has 140 valence electrons. The van der Waals surface area contributed by atoms with E-state index in [0.29, 0.717) is 22.1 Å². The van der Waals surface area contributed by atoms with Gasteiger partial charge in [0.2, 0.25) is 5.78 Å². The predicted octanol–water partition coefficient (Wildman–Crippen LogP) is 5.98. The van der Waals surface area contributed by atoms with Gasteiger partial charge in [-0.05, 0) is 60.5 Å². The van der Waals surface area contributed by atoms with Crippen LogP contribution >= 0.6 is 11.6 Å². The van der Waals surface area contributed by atoms with Gasteiger partial charge in [-0.1, -0.05) is 35.9 Å². The zero-order valence-corrected chi connectivity index (χ0v) is 15.8. The minimum absolute atomic E-state index is 0.176. The standard InChI is InChI=1S/C23H16ClFO3/c1-14-20(27-13-16-3-2-4-18(25)11-16)10-9-19-22(26)21(28-23(14)19)12-15-5-7-17(24)8-6-15/h2-12H,13H2,1H3/b21-12-. The van der Waals surface area contributed by atoms with Gasteiger partial charge in [0.15, 0.2) is 5.76 Å². The maximum atomic E-state index is 13.3. The van der Waals surface area contributed by atoms with Gasteiger partial charge in [-0.25, -0.2) is 4.39 Å². The highest BCUT2D eigenvalue weighted by molar-refractivity contribution is 6.30. The van der Waals surface area contributed by atoms with Crippen LogP contribution in [0, 0.1) is 12.7 Å². The Labute approximate surface area is 167 Å². The highest BCUT2D eigenvalue weighted by Crippen LogP contribution is 2.39. The summed E-state index contributed by atoms with van der Waals surface area (Å²) in [5, 5.41) is 0.625. The van der Waals surface area contributed by atoms with Gasteiger partial charge in [-0.3, -0.25) is 4.79 Å². The molecule has 1 aliphatic rings. The number of ketones is 1. The maximum absolute atomic E-state index is 13.3. The SMILES string of the molecule is Cc1c(OCc2cccc(F)c2)ccc2c1O/C(=C\c1ccc(Cl)cc1)C2=O. The predicted molar refractivity (Wildman–Crippen MR) is 106 cm³/mol. The van der Waals surface area contributed by atoms with E-state index in [1.807, 2.05) is 19.1 Å². The Hall–Kier alpha value is -3.11. The normalized spacial score (nSPS) is 14.1. The smallest absolute Gasteiger partial charge is 0.231 e. The Morgan fingerprint density at radius 1 is 1.11 bits per heavy atom. The molecule has 28 heavy (non-hydrogen) atoms. The topological polar surface area (TPSA) is 35.5 Å². The van der Waals surface area contributed by atoms with E-state index in [1.165, 1.54) is 12.1 Å². The Kier molecular flexibility index (Phi) is 4.88. The van der Waals surface area contributed by atoms with E-state index < -0.39 is 0 Å². The van der Waals surface area contributed by atoms with E-state index >= 15 is 0 Å². The molecule has 0 amide bonds. The Morgan fingerprint density at radius 2 is 1.89 bits per heavy atom. The van der Waals surface area contributed by atoms with Crippen LogP contribution in [-0.2, 0) is 6.61 Å². The summed E-state index contributed by atoms with van der Waals surface area (Å²) in [4.78, 5) is 12.6. The van der Waals surface area contributed by atoms with Crippen molar-refractivity contribution in [2.75, 3.05) is 0 Å². The van der Waals surface area contributed by atoms with E-state index in [2.05, 4.69) is 0 Å². The number of halogens is 2. The molecule has 0 N–H and O–H groups in total. The first-order chi connectivity index (χ1) is 13.5. The van der Waals surface area contributed by atoms with Crippen molar-refractivity contribution < 1.29 is 18.7 Å². The number of benzene rings is 3. The van der Waals surface area contributed by atoms with Crippen LogP contribution in [0.5, 0.6) is 11.5 Å². The fraction of sp³-hybridized carbons (Fsp3) is 0.0870. The van der Waals surface area contributed by atoms with E-state index in [1.54, 1.807) is 42.5 Å². The molecular formula is C23H16ClFO3. The van der Waals surface area contributed by atoms with Crippen molar-refractivity contribution in [1.29, 1.82) is 0 Å². The molecule has 0 bridgehead atoms. The zero-order valence-electron chi connectivity index (χ0n) is 15.0. The second-order valence-corrected chi connectivity index (χ2v) is 6.91. The highest BCUT2D eigenvalue weighted by Gasteiger charge is 2.30. The Balaban J connectivity index is 1.57. The monoisotopic (exact) mass is 394 g/mol. The van der Waals surface area contributed by atoms with Gasteiger partial charge < -0.3 is 9.47 Å².